The summed E-state index contributed by atoms with van der Waals surface area (Å²) in [6.07, 6.45) is 1.27. The van der Waals surface area contributed by atoms with E-state index in [9.17, 15) is 4.79 Å². The van der Waals surface area contributed by atoms with Crippen LogP contribution in [0, 0.1) is 5.92 Å². The maximum atomic E-state index is 10.6. The topological polar surface area (TPSA) is 32.3 Å². The van der Waals surface area contributed by atoms with E-state index >= 15 is 0 Å². The molecule has 1 aliphatic rings. The van der Waals surface area contributed by atoms with Crippen molar-refractivity contribution in [2.24, 2.45) is 5.92 Å². The van der Waals surface area contributed by atoms with Crippen molar-refractivity contribution in [3.63, 3.8) is 0 Å². The van der Waals surface area contributed by atoms with Crippen LogP contribution in [0.3, 0.4) is 0 Å². The smallest absolute Gasteiger partial charge is 0.143 e. The molecule has 1 unspecified atom stereocenters. The molecule has 12 heavy (non-hydrogen) atoms. The first-order chi connectivity index (χ1) is 5.68. The first kappa shape index (κ1) is 9.68. The lowest BCUT2D eigenvalue weighted by atomic mass is 10.1. The summed E-state index contributed by atoms with van der Waals surface area (Å²) in [4.78, 5) is 12.9. The van der Waals surface area contributed by atoms with Gasteiger partial charge in [-0.1, -0.05) is 0 Å². The Morgan fingerprint density at radius 3 is 2.92 bits per heavy atom. The zero-order valence-corrected chi connectivity index (χ0v) is 7.97. The van der Waals surface area contributed by atoms with Crippen molar-refractivity contribution in [2.45, 2.75) is 13.3 Å². The van der Waals surface area contributed by atoms with Crippen LogP contribution in [-0.2, 0) is 4.79 Å². The zero-order chi connectivity index (χ0) is 8.97. The van der Waals surface area contributed by atoms with Gasteiger partial charge in [0.2, 0.25) is 0 Å². The van der Waals surface area contributed by atoms with Gasteiger partial charge in [0.05, 0.1) is 6.54 Å². The summed E-state index contributed by atoms with van der Waals surface area (Å²) in [6, 6.07) is 0. The van der Waals surface area contributed by atoms with Crippen molar-refractivity contribution >= 4 is 5.78 Å². The molecule has 1 atom stereocenters. The third-order valence-electron chi connectivity index (χ3n) is 2.30. The molecule has 1 saturated heterocycles. The second-order valence-corrected chi connectivity index (χ2v) is 3.75. The lowest BCUT2D eigenvalue weighted by Gasteiger charge is -2.10. The molecular weight excluding hydrogens is 152 g/mol. The number of carbonyl (C=O) groups is 1. The van der Waals surface area contributed by atoms with Gasteiger partial charge in [-0.25, -0.2) is 0 Å². The first-order valence-corrected chi connectivity index (χ1v) is 4.57. The van der Waals surface area contributed by atoms with E-state index in [2.05, 4.69) is 17.3 Å². The van der Waals surface area contributed by atoms with Gasteiger partial charge in [0.15, 0.2) is 0 Å². The van der Waals surface area contributed by atoms with E-state index in [1.807, 2.05) is 0 Å². The fraction of sp³-hybridized carbons (Fsp3) is 0.889. The first-order valence-electron chi connectivity index (χ1n) is 4.57. The van der Waals surface area contributed by atoms with Gasteiger partial charge < -0.3 is 10.2 Å². The summed E-state index contributed by atoms with van der Waals surface area (Å²) < 4.78 is 0. The largest absolute Gasteiger partial charge is 0.310 e. The predicted octanol–water partition coefficient (Wildman–Crippen LogP) is 0.117. The Labute approximate surface area is 74.1 Å². The highest BCUT2D eigenvalue weighted by Crippen LogP contribution is 2.12. The van der Waals surface area contributed by atoms with Crippen LogP contribution >= 0.6 is 0 Å². The Morgan fingerprint density at radius 1 is 1.67 bits per heavy atom. The maximum Gasteiger partial charge on any atom is 0.143 e. The van der Waals surface area contributed by atoms with Gasteiger partial charge in [-0.2, -0.15) is 0 Å². The lowest BCUT2D eigenvalue weighted by Crippen LogP contribution is -2.28. The molecule has 1 rings (SSSR count). The summed E-state index contributed by atoms with van der Waals surface area (Å²) in [7, 11) is 2.14. The summed E-state index contributed by atoms with van der Waals surface area (Å²) in [5.41, 5.74) is 0. The quantitative estimate of drug-likeness (QED) is 0.650. The molecule has 0 aromatic heterocycles. The van der Waals surface area contributed by atoms with Crippen molar-refractivity contribution < 1.29 is 4.79 Å². The SMILES string of the molecule is CC(=O)CNCC1CCN(C)C1. The molecule has 1 aliphatic heterocycles. The number of rotatable bonds is 4. The number of carbonyl (C=O) groups excluding carboxylic acids is 1. The van der Waals surface area contributed by atoms with Crippen LogP contribution < -0.4 is 5.32 Å². The average Bonchev–Trinajstić information content (AvgIpc) is 2.35. The van der Waals surface area contributed by atoms with E-state index < -0.39 is 0 Å². The maximum absolute atomic E-state index is 10.6. The van der Waals surface area contributed by atoms with E-state index in [1.165, 1.54) is 19.5 Å². The highest BCUT2D eigenvalue weighted by molar-refractivity contribution is 5.77. The molecule has 0 radical (unpaired) electrons. The van der Waals surface area contributed by atoms with Crippen LogP contribution in [0.5, 0.6) is 0 Å². The molecule has 3 nitrogen and oxygen atoms in total. The van der Waals surface area contributed by atoms with Crippen LogP contribution in [-0.4, -0.2) is 43.9 Å². The van der Waals surface area contributed by atoms with Crippen molar-refractivity contribution in [3.8, 4) is 0 Å². The van der Waals surface area contributed by atoms with E-state index in [4.69, 9.17) is 0 Å². The monoisotopic (exact) mass is 170 g/mol. The van der Waals surface area contributed by atoms with Gasteiger partial charge in [0.1, 0.15) is 5.78 Å². The molecule has 1 N–H and O–H groups in total. The van der Waals surface area contributed by atoms with Crippen LogP contribution in [0.1, 0.15) is 13.3 Å². The number of likely N-dealkylation sites (tertiary alicyclic amines) is 1. The minimum atomic E-state index is 0.223. The average molecular weight is 170 g/mol. The second-order valence-electron chi connectivity index (χ2n) is 3.75. The number of hydrogen-bond donors (Lipinski definition) is 1. The third-order valence-corrected chi connectivity index (χ3v) is 2.30. The van der Waals surface area contributed by atoms with Crippen LogP contribution in [0.15, 0.2) is 0 Å². The number of nitrogens with zero attached hydrogens (tertiary/aromatic N) is 1. The molecule has 0 aromatic rings. The Balaban J connectivity index is 2.04. The van der Waals surface area contributed by atoms with Gasteiger partial charge >= 0.3 is 0 Å². The minimum Gasteiger partial charge on any atom is -0.310 e. The Kier molecular flexibility index (Phi) is 3.69. The van der Waals surface area contributed by atoms with Gasteiger partial charge in [-0.05, 0) is 39.4 Å². The lowest BCUT2D eigenvalue weighted by molar-refractivity contribution is -0.116. The summed E-state index contributed by atoms with van der Waals surface area (Å²) in [5.74, 6) is 0.968. The van der Waals surface area contributed by atoms with Gasteiger partial charge in [-0.15, -0.1) is 0 Å². The number of hydrogen-bond acceptors (Lipinski definition) is 3. The second kappa shape index (κ2) is 4.58. The summed E-state index contributed by atoms with van der Waals surface area (Å²) in [6.45, 7) is 5.51. The van der Waals surface area contributed by atoms with Crippen molar-refractivity contribution in [1.82, 2.24) is 10.2 Å². The van der Waals surface area contributed by atoms with Gasteiger partial charge in [-0.3, -0.25) is 4.79 Å². The Morgan fingerprint density at radius 2 is 2.42 bits per heavy atom. The van der Waals surface area contributed by atoms with E-state index in [0.717, 1.165) is 12.5 Å². The molecule has 3 heteroatoms. The molecule has 0 bridgehead atoms. The molecular formula is C9H18N2O. The molecule has 70 valence electrons. The van der Waals surface area contributed by atoms with Crippen molar-refractivity contribution in [3.05, 3.63) is 0 Å². The predicted molar refractivity (Wildman–Crippen MR) is 49.2 cm³/mol. The number of ketones is 1. The van der Waals surface area contributed by atoms with Crippen LogP contribution in [0.4, 0.5) is 0 Å². The van der Waals surface area contributed by atoms with Crippen LogP contribution in [0.25, 0.3) is 0 Å². The molecule has 0 amide bonds. The number of Topliss-reactive ketones (excluding diaryl/α,β-unsaturated/α-hetero) is 1. The standard InChI is InChI=1S/C9H18N2O/c1-8(12)5-10-6-9-3-4-11(2)7-9/h9-10H,3-7H2,1-2H3. The Hall–Kier alpha value is -0.410. The Bertz CT molecular complexity index is 159. The molecule has 1 heterocycles. The van der Waals surface area contributed by atoms with Crippen molar-refractivity contribution in [2.75, 3.05) is 33.2 Å². The molecule has 0 aromatic carbocycles. The van der Waals surface area contributed by atoms with Gasteiger partial charge in [0, 0.05) is 6.54 Å². The minimum absolute atomic E-state index is 0.223. The van der Waals surface area contributed by atoms with E-state index in [0.29, 0.717) is 6.54 Å². The summed E-state index contributed by atoms with van der Waals surface area (Å²) in [5, 5.41) is 3.17. The van der Waals surface area contributed by atoms with Gasteiger partial charge in [0.25, 0.3) is 0 Å². The molecule has 0 aliphatic carbocycles. The number of nitrogens with one attached hydrogen (secondary N) is 1. The zero-order valence-electron chi connectivity index (χ0n) is 7.97. The third kappa shape index (κ3) is 3.32. The molecule has 0 spiro atoms. The molecule has 0 saturated carbocycles. The highest BCUT2D eigenvalue weighted by Gasteiger charge is 2.18. The van der Waals surface area contributed by atoms with Crippen molar-refractivity contribution in [1.29, 1.82) is 0 Å². The molecule has 1 fully saturated rings. The normalized spacial score (nSPS) is 24.7. The fourth-order valence-electron chi connectivity index (χ4n) is 1.65. The van der Waals surface area contributed by atoms with E-state index in [1.54, 1.807) is 6.92 Å². The van der Waals surface area contributed by atoms with Crippen LogP contribution in [0.2, 0.25) is 0 Å². The fourth-order valence-corrected chi connectivity index (χ4v) is 1.65. The highest BCUT2D eigenvalue weighted by atomic mass is 16.1. The summed E-state index contributed by atoms with van der Waals surface area (Å²) >= 11 is 0. The van der Waals surface area contributed by atoms with E-state index in [-0.39, 0.29) is 5.78 Å².